The van der Waals surface area contributed by atoms with Crippen molar-refractivity contribution in [1.82, 2.24) is 4.90 Å². The van der Waals surface area contributed by atoms with E-state index < -0.39 is 5.60 Å². The van der Waals surface area contributed by atoms with Crippen LogP contribution in [0.4, 0.5) is 0 Å². The van der Waals surface area contributed by atoms with Crippen LogP contribution in [-0.2, 0) is 12.1 Å². The molecule has 2 bridgehead atoms. The minimum Gasteiger partial charge on any atom is -0.384 e. The first-order valence-electron chi connectivity index (χ1n) is 7.81. The third kappa shape index (κ3) is 2.10. The van der Waals surface area contributed by atoms with E-state index in [1.807, 2.05) is 18.2 Å². The standard InChI is InChI=1S/C19H21NO/c21-19(16-9-5-2-6-10-16)17-11-18(19)14-20(13-17)12-15-7-3-1-4-8-15/h1-10,17-18,21H,11-14H2/t17-,18-/m1/s1. The van der Waals surface area contributed by atoms with Gasteiger partial charge in [-0.1, -0.05) is 60.7 Å². The average molecular weight is 279 g/mol. The predicted molar refractivity (Wildman–Crippen MR) is 83.7 cm³/mol. The molecule has 2 atom stereocenters. The van der Waals surface area contributed by atoms with E-state index in [1.165, 1.54) is 5.56 Å². The van der Waals surface area contributed by atoms with Gasteiger partial charge in [0.2, 0.25) is 0 Å². The summed E-state index contributed by atoms with van der Waals surface area (Å²) in [5.74, 6) is 0.754. The summed E-state index contributed by atoms with van der Waals surface area (Å²) in [5.41, 5.74) is 1.88. The number of aliphatic hydroxyl groups is 1. The van der Waals surface area contributed by atoms with Gasteiger partial charge in [0.25, 0.3) is 0 Å². The maximum atomic E-state index is 11.1. The van der Waals surface area contributed by atoms with Crippen molar-refractivity contribution in [1.29, 1.82) is 0 Å². The summed E-state index contributed by atoms with van der Waals surface area (Å²) in [6.07, 6.45) is 1.16. The van der Waals surface area contributed by atoms with Crippen molar-refractivity contribution < 1.29 is 5.11 Å². The van der Waals surface area contributed by atoms with Crippen LogP contribution >= 0.6 is 0 Å². The van der Waals surface area contributed by atoms with Crippen LogP contribution in [-0.4, -0.2) is 23.1 Å². The second kappa shape index (κ2) is 4.97. The second-order valence-corrected chi connectivity index (χ2v) is 6.50. The van der Waals surface area contributed by atoms with Crippen molar-refractivity contribution in [3.05, 3.63) is 71.8 Å². The molecule has 0 radical (unpaired) electrons. The van der Waals surface area contributed by atoms with Crippen molar-refractivity contribution in [2.24, 2.45) is 11.8 Å². The molecule has 108 valence electrons. The second-order valence-electron chi connectivity index (χ2n) is 6.50. The first kappa shape index (κ1) is 13.1. The summed E-state index contributed by atoms with van der Waals surface area (Å²) in [6.45, 7) is 2.99. The topological polar surface area (TPSA) is 23.5 Å². The van der Waals surface area contributed by atoms with Crippen molar-refractivity contribution in [3.8, 4) is 0 Å². The fourth-order valence-corrected chi connectivity index (χ4v) is 4.15. The Kier molecular flexibility index (Phi) is 3.09. The molecule has 2 aromatic carbocycles. The van der Waals surface area contributed by atoms with Gasteiger partial charge in [0.15, 0.2) is 0 Å². The van der Waals surface area contributed by atoms with Crippen LogP contribution in [0.2, 0.25) is 0 Å². The van der Waals surface area contributed by atoms with E-state index in [9.17, 15) is 5.11 Å². The normalized spacial score (nSPS) is 31.7. The molecule has 1 N–H and O–H groups in total. The van der Waals surface area contributed by atoms with Crippen LogP contribution in [0.1, 0.15) is 17.5 Å². The molecule has 0 unspecified atom stereocenters. The molecular formula is C19H21NO. The van der Waals surface area contributed by atoms with E-state index in [4.69, 9.17) is 0 Å². The molecular weight excluding hydrogens is 258 g/mol. The molecule has 2 aromatic rings. The molecule has 2 heterocycles. The quantitative estimate of drug-likeness (QED) is 0.933. The summed E-state index contributed by atoms with van der Waals surface area (Å²) >= 11 is 0. The van der Waals surface area contributed by atoms with Gasteiger partial charge in [0.05, 0.1) is 5.60 Å². The van der Waals surface area contributed by atoms with Gasteiger partial charge in [0.1, 0.15) is 0 Å². The average Bonchev–Trinajstić information content (AvgIpc) is 2.56. The first-order chi connectivity index (χ1) is 10.3. The zero-order valence-electron chi connectivity index (χ0n) is 12.2. The highest BCUT2D eigenvalue weighted by Crippen LogP contribution is 2.54. The van der Waals surface area contributed by atoms with E-state index in [-0.39, 0.29) is 0 Å². The molecule has 5 rings (SSSR count). The smallest absolute Gasteiger partial charge is 0.0977 e. The fourth-order valence-electron chi connectivity index (χ4n) is 4.15. The molecule has 0 spiro atoms. The maximum absolute atomic E-state index is 11.1. The Morgan fingerprint density at radius 2 is 1.48 bits per heavy atom. The van der Waals surface area contributed by atoms with Crippen LogP contribution in [0.15, 0.2) is 60.7 Å². The molecule has 2 aliphatic heterocycles. The molecule has 1 saturated carbocycles. The van der Waals surface area contributed by atoms with E-state index >= 15 is 0 Å². The lowest BCUT2D eigenvalue weighted by molar-refractivity contribution is -0.205. The van der Waals surface area contributed by atoms with Crippen molar-refractivity contribution in [3.63, 3.8) is 0 Å². The zero-order chi connectivity index (χ0) is 14.3. The van der Waals surface area contributed by atoms with Crippen LogP contribution in [0.5, 0.6) is 0 Å². The third-order valence-electron chi connectivity index (χ3n) is 5.26. The molecule has 3 aliphatic rings. The molecule has 0 amide bonds. The highest BCUT2D eigenvalue weighted by atomic mass is 16.3. The summed E-state index contributed by atoms with van der Waals surface area (Å²) in [7, 11) is 0. The van der Waals surface area contributed by atoms with E-state index in [0.29, 0.717) is 11.8 Å². The van der Waals surface area contributed by atoms with Crippen LogP contribution in [0.3, 0.4) is 0 Å². The van der Waals surface area contributed by atoms with Crippen molar-refractivity contribution in [2.75, 3.05) is 13.1 Å². The fraction of sp³-hybridized carbons (Fsp3) is 0.368. The number of fused-ring (bicyclic) bond motifs is 2. The molecule has 21 heavy (non-hydrogen) atoms. The molecule has 2 nitrogen and oxygen atoms in total. The lowest BCUT2D eigenvalue weighted by atomic mass is 9.55. The number of rotatable bonds is 3. The monoisotopic (exact) mass is 279 g/mol. The van der Waals surface area contributed by atoms with Crippen molar-refractivity contribution >= 4 is 0 Å². The summed E-state index contributed by atoms with van der Waals surface area (Å²) in [5, 5.41) is 11.1. The van der Waals surface area contributed by atoms with Gasteiger partial charge >= 0.3 is 0 Å². The third-order valence-corrected chi connectivity index (χ3v) is 5.26. The number of hydrogen-bond donors (Lipinski definition) is 1. The molecule has 1 aliphatic carbocycles. The molecule has 2 heteroatoms. The van der Waals surface area contributed by atoms with E-state index in [2.05, 4.69) is 47.4 Å². The van der Waals surface area contributed by atoms with Gasteiger partial charge in [-0.05, 0) is 17.5 Å². The summed E-state index contributed by atoms with van der Waals surface area (Å²) in [6, 6.07) is 20.9. The highest BCUT2D eigenvalue weighted by molar-refractivity contribution is 5.29. The van der Waals surface area contributed by atoms with Gasteiger partial charge < -0.3 is 5.11 Å². The minimum absolute atomic E-state index is 0.377. The Bertz CT molecular complexity index is 598. The molecule has 0 aromatic heterocycles. The van der Waals surface area contributed by atoms with Gasteiger partial charge in [-0.15, -0.1) is 0 Å². The minimum atomic E-state index is -0.589. The maximum Gasteiger partial charge on any atom is 0.0977 e. The lowest BCUT2D eigenvalue weighted by Gasteiger charge is -2.59. The Morgan fingerprint density at radius 3 is 2.10 bits per heavy atom. The summed E-state index contributed by atoms with van der Waals surface area (Å²) < 4.78 is 0. The number of nitrogens with zero attached hydrogens (tertiary/aromatic N) is 1. The SMILES string of the molecule is OC1(c2ccccc2)[C@@H]2C[C@@H]1CN(Cc1ccccc1)C2. The largest absolute Gasteiger partial charge is 0.384 e. The Hall–Kier alpha value is -1.64. The Labute approximate surface area is 126 Å². The van der Waals surface area contributed by atoms with Gasteiger partial charge in [-0.2, -0.15) is 0 Å². The Morgan fingerprint density at radius 1 is 0.905 bits per heavy atom. The van der Waals surface area contributed by atoms with Gasteiger partial charge in [-0.3, -0.25) is 4.90 Å². The zero-order valence-corrected chi connectivity index (χ0v) is 12.2. The van der Waals surface area contributed by atoms with Gasteiger partial charge in [-0.25, -0.2) is 0 Å². The number of piperidine rings is 2. The van der Waals surface area contributed by atoms with Crippen molar-refractivity contribution in [2.45, 2.75) is 18.6 Å². The van der Waals surface area contributed by atoms with Crippen LogP contribution in [0.25, 0.3) is 0 Å². The van der Waals surface area contributed by atoms with Crippen LogP contribution in [0, 0.1) is 11.8 Å². The summed E-state index contributed by atoms with van der Waals surface area (Å²) in [4.78, 5) is 2.49. The Balaban J connectivity index is 1.49. The predicted octanol–water partition coefficient (Wildman–Crippen LogP) is 3.03. The van der Waals surface area contributed by atoms with E-state index in [0.717, 1.165) is 31.6 Å². The number of benzene rings is 2. The van der Waals surface area contributed by atoms with E-state index in [1.54, 1.807) is 0 Å². The molecule has 2 saturated heterocycles. The van der Waals surface area contributed by atoms with Crippen LogP contribution < -0.4 is 0 Å². The molecule has 3 fully saturated rings. The lowest BCUT2D eigenvalue weighted by Crippen LogP contribution is -2.64. The van der Waals surface area contributed by atoms with Gasteiger partial charge in [0, 0.05) is 31.5 Å². The number of hydrogen-bond acceptors (Lipinski definition) is 2. The highest BCUT2D eigenvalue weighted by Gasteiger charge is 2.58. The first-order valence-corrected chi connectivity index (χ1v) is 7.81.